The van der Waals surface area contributed by atoms with Gasteiger partial charge in [0.05, 0.1) is 6.10 Å². The van der Waals surface area contributed by atoms with Crippen molar-refractivity contribution in [3.05, 3.63) is 41.3 Å². The summed E-state index contributed by atoms with van der Waals surface area (Å²) in [6.07, 6.45) is -0.853. The van der Waals surface area contributed by atoms with Crippen molar-refractivity contribution in [2.75, 3.05) is 0 Å². The minimum atomic E-state index is -0.853. The number of ether oxygens (including phenoxy) is 1. The molecule has 0 saturated carbocycles. The summed E-state index contributed by atoms with van der Waals surface area (Å²) in [6.45, 7) is 5.50. The zero-order valence-corrected chi connectivity index (χ0v) is 11.6. The van der Waals surface area contributed by atoms with Crippen LogP contribution in [0.25, 0.3) is 0 Å². The number of nitrogens with zero attached hydrogens (tertiary/aromatic N) is 2. The van der Waals surface area contributed by atoms with E-state index in [-0.39, 0.29) is 18.1 Å². The minimum absolute atomic E-state index is 0.0766. The van der Waals surface area contributed by atoms with Crippen molar-refractivity contribution in [2.45, 2.75) is 39.4 Å². The maximum atomic E-state index is 13.6. The molecule has 0 bridgehead atoms. The van der Waals surface area contributed by atoms with Gasteiger partial charge in [-0.25, -0.2) is 4.39 Å². The molecule has 2 aromatic rings. The van der Waals surface area contributed by atoms with Crippen molar-refractivity contribution in [3.8, 4) is 5.75 Å². The first-order valence-corrected chi connectivity index (χ1v) is 6.40. The third kappa shape index (κ3) is 3.33. The van der Waals surface area contributed by atoms with E-state index in [1.165, 1.54) is 19.1 Å². The van der Waals surface area contributed by atoms with Gasteiger partial charge in [0, 0.05) is 17.5 Å². The molecule has 0 radical (unpaired) electrons. The van der Waals surface area contributed by atoms with Crippen molar-refractivity contribution in [1.82, 2.24) is 10.1 Å². The first-order chi connectivity index (χ1) is 9.47. The van der Waals surface area contributed by atoms with Gasteiger partial charge in [0.25, 0.3) is 5.89 Å². The Bertz CT molecular complexity index is 582. The van der Waals surface area contributed by atoms with Crippen molar-refractivity contribution >= 4 is 0 Å². The Labute approximate surface area is 116 Å². The molecule has 20 heavy (non-hydrogen) atoms. The van der Waals surface area contributed by atoms with E-state index in [1.54, 1.807) is 6.07 Å². The fourth-order valence-electron chi connectivity index (χ4n) is 1.64. The van der Waals surface area contributed by atoms with Crippen molar-refractivity contribution in [3.63, 3.8) is 0 Å². The second kappa shape index (κ2) is 6.00. The maximum absolute atomic E-state index is 13.6. The number of aliphatic hydroxyl groups excluding tert-OH is 1. The van der Waals surface area contributed by atoms with Crippen LogP contribution in [-0.4, -0.2) is 15.2 Å². The number of hydrogen-bond acceptors (Lipinski definition) is 5. The van der Waals surface area contributed by atoms with Crippen LogP contribution in [0.3, 0.4) is 0 Å². The summed E-state index contributed by atoms with van der Waals surface area (Å²) < 4.78 is 24.0. The van der Waals surface area contributed by atoms with Crippen molar-refractivity contribution in [1.29, 1.82) is 0 Å². The molecule has 1 aromatic heterocycles. The Hall–Kier alpha value is -1.95. The monoisotopic (exact) mass is 280 g/mol. The molecule has 0 aliphatic rings. The van der Waals surface area contributed by atoms with Gasteiger partial charge in [-0.1, -0.05) is 19.0 Å². The highest BCUT2D eigenvalue weighted by Gasteiger charge is 2.12. The average molecular weight is 280 g/mol. The highest BCUT2D eigenvalue weighted by Crippen LogP contribution is 2.22. The lowest BCUT2D eigenvalue weighted by Crippen LogP contribution is -2.00. The second-order valence-corrected chi connectivity index (χ2v) is 4.85. The molecule has 6 heteroatoms. The smallest absolute Gasteiger partial charge is 0.264 e. The van der Waals surface area contributed by atoms with Gasteiger partial charge in [-0.05, 0) is 19.1 Å². The Morgan fingerprint density at radius 3 is 2.65 bits per heavy atom. The van der Waals surface area contributed by atoms with E-state index in [1.807, 2.05) is 13.8 Å². The molecule has 1 N–H and O–H groups in total. The lowest BCUT2D eigenvalue weighted by atomic mass is 10.1. The lowest BCUT2D eigenvalue weighted by Gasteiger charge is -2.08. The summed E-state index contributed by atoms with van der Waals surface area (Å²) in [4.78, 5) is 4.16. The van der Waals surface area contributed by atoms with E-state index in [0.29, 0.717) is 17.5 Å². The first kappa shape index (κ1) is 14.5. The number of hydrogen-bond donors (Lipinski definition) is 1. The van der Waals surface area contributed by atoms with Crippen LogP contribution in [0.1, 0.15) is 50.1 Å². The molecular weight excluding hydrogens is 263 g/mol. The van der Waals surface area contributed by atoms with Crippen LogP contribution in [0, 0.1) is 5.82 Å². The Balaban J connectivity index is 2.01. The maximum Gasteiger partial charge on any atom is 0.264 e. The molecule has 2 rings (SSSR count). The van der Waals surface area contributed by atoms with Crippen molar-refractivity contribution < 1.29 is 18.8 Å². The Morgan fingerprint density at radius 2 is 2.10 bits per heavy atom. The molecule has 0 fully saturated rings. The predicted molar refractivity (Wildman–Crippen MR) is 69.8 cm³/mol. The second-order valence-electron chi connectivity index (χ2n) is 4.85. The SMILES string of the molecule is CC(C)c1noc(COc2ccc(C(C)O)c(F)c2)n1. The summed E-state index contributed by atoms with van der Waals surface area (Å²) in [7, 11) is 0. The van der Waals surface area contributed by atoms with E-state index in [2.05, 4.69) is 10.1 Å². The Kier molecular flexibility index (Phi) is 4.34. The molecule has 1 heterocycles. The molecule has 5 nitrogen and oxygen atoms in total. The van der Waals surface area contributed by atoms with Gasteiger partial charge in [-0.2, -0.15) is 4.98 Å². The molecule has 1 unspecified atom stereocenters. The van der Waals surface area contributed by atoms with Gasteiger partial charge in [0.15, 0.2) is 12.4 Å². The largest absolute Gasteiger partial charge is 0.484 e. The predicted octanol–water partition coefficient (Wildman–Crippen LogP) is 2.96. The third-order valence-corrected chi connectivity index (χ3v) is 2.78. The highest BCUT2D eigenvalue weighted by molar-refractivity contribution is 5.30. The van der Waals surface area contributed by atoms with Crippen LogP contribution in [0.4, 0.5) is 4.39 Å². The molecular formula is C14H17FN2O3. The van der Waals surface area contributed by atoms with Crippen LogP contribution in [0.15, 0.2) is 22.7 Å². The number of rotatable bonds is 5. The van der Waals surface area contributed by atoms with Gasteiger partial charge in [-0.15, -0.1) is 0 Å². The third-order valence-electron chi connectivity index (χ3n) is 2.78. The van der Waals surface area contributed by atoms with Gasteiger partial charge < -0.3 is 14.4 Å². The Morgan fingerprint density at radius 1 is 1.35 bits per heavy atom. The molecule has 0 aliphatic heterocycles. The van der Waals surface area contributed by atoms with Gasteiger partial charge in [-0.3, -0.25) is 0 Å². The van der Waals surface area contributed by atoms with Crippen LogP contribution < -0.4 is 4.74 Å². The van der Waals surface area contributed by atoms with Gasteiger partial charge in [0.2, 0.25) is 0 Å². The molecule has 108 valence electrons. The van der Waals surface area contributed by atoms with Gasteiger partial charge >= 0.3 is 0 Å². The normalized spacial score (nSPS) is 12.7. The zero-order valence-electron chi connectivity index (χ0n) is 11.6. The molecule has 0 saturated heterocycles. The molecule has 0 aliphatic carbocycles. The van der Waals surface area contributed by atoms with E-state index >= 15 is 0 Å². The number of aromatic nitrogens is 2. The van der Waals surface area contributed by atoms with E-state index in [0.717, 1.165) is 0 Å². The summed E-state index contributed by atoms with van der Waals surface area (Å²) in [5.74, 6) is 0.963. The number of aliphatic hydroxyl groups is 1. The highest BCUT2D eigenvalue weighted by atomic mass is 19.1. The summed E-state index contributed by atoms with van der Waals surface area (Å²) in [6, 6.07) is 4.30. The van der Waals surface area contributed by atoms with Crippen LogP contribution in [-0.2, 0) is 6.61 Å². The van der Waals surface area contributed by atoms with Crippen molar-refractivity contribution in [2.24, 2.45) is 0 Å². The zero-order chi connectivity index (χ0) is 14.7. The van der Waals surface area contributed by atoms with Gasteiger partial charge in [0.1, 0.15) is 11.6 Å². The fraction of sp³-hybridized carbons (Fsp3) is 0.429. The van der Waals surface area contributed by atoms with Crippen LogP contribution in [0.2, 0.25) is 0 Å². The number of benzene rings is 1. The summed E-state index contributed by atoms with van der Waals surface area (Å²) in [5.41, 5.74) is 0.234. The minimum Gasteiger partial charge on any atom is -0.484 e. The average Bonchev–Trinajstić information content (AvgIpc) is 2.85. The molecule has 1 atom stereocenters. The van der Waals surface area contributed by atoms with E-state index in [9.17, 15) is 9.50 Å². The molecule has 1 aromatic carbocycles. The van der Waals surface area contributed by atoms with Crippen LogP contribution >= 0.6 is 0 Å². The quantitative estimate of drug-likeness (QED) is 0.912. The summed E-state index contributed by atoms with van der Waals surface area (Å²) >= 11 is 0. The molecule has 0 spiro atoms. The van der Waals surface area contributed by atoms with E-state index in [4.69, 9.17) is 9.26 Å². The standard InChI is InChI=1S/C14H17FN2O3/c1-8(2)14-16-13(20-17-14)7-19-10-4-5-11(9(3)18)12(15)6-10/h4-6,8-9,18H,7H2,1-3H3. The lowest BCUT2D eigenvalue weighted by molar-refractivity contribution is 0.193. The molecule has 0 amide bonds. The number of halogens is 1. The first-order valence-electron chi connectivity index (χ1n) is 6.40. The van der Waals surface area contributed by atoms with Crippen LogP contribution in [0.5, 0.6) is 5.75 Å². The summed E-state index contributed by atoms with van der Waals surface area (Å²) in [5, 5.41) is 13.2. The fourth-order valence-corrected chi connectivity index (χ4v) is 1.64. The topological polar surface area (TPSA) is 68.4 Å². The van der Waals surface area contributed by atoms with E-state index < -0.39 is 11.9 Å².